The van der Waals surface area contributed by atoms with Crippen LogP contribution in [0.5, 0.6) is 0 Å². The molecule has 0 bridgehead atoms. The van der Waals surface area contributed by atoms with Crippen LogP contribution in [0.4, 0.5) is 4.79 Å². The molecule has 2 aliphatic rings. The number of ether oxygens (including phenoxy) is 1. The van der Waals surface area contributed by atoms with E-state index in [0.717, 1.165) is 31.8 Å². The van der Waals surface area contributed by atoms with Crippen LogP contribution in [0.2, 0.25) is 0 Å². The van der Waals surface area contributed by atoms with Gasteiger partial charge in [0.25, 0.3) is 0 Å². The fourth-order valence-corrected chi connectivity index (χ4v) is 2.38. The van der Waals surface area contributed by atoms with Gasteiger partial charge in [0.2, 0.25) is 0 Å². The van der Waals surface area contributed by atoms with Gasteiger partial charge in [0.15, 0.2) is 0 Å². The lowest BCUT2D eigenvalue weighted by atomic mass is 9.70. The van der Waals surface area contributed by atoms with Gasteiger partial charge in [-0.2, -0.15) is 0 Å². The highest BCUT2D eigenvalue weighted by Crippen LogP contribution is 2.37. The van der Waals surface area contributed by atoms with Gasteiger partial charge in [0.1, 0.15) is 5.60 Å². The Bertz CT molecular complexity index is 279. The molecule has 1 aliphatic carbocycles. The molecule has 0 unspecified atom stereocenters. The third-order valence-corrected chi connectivity index (χ3v) is 3.44. The number of amides is 1. The van der Waals surface area contributed by atoms with Gasteiger partial charge in [-0.25, -0.2) is 4.79 Å². The standard InChI is InChI=1S/C12H22N2O2.ClH/c1-12(2,3)16-11(15)14-6-9(7-14)8-4-10(13)5-8;/h8-10H,4-7,13H2,1-3H3;1H. The second-order valence-electron chi connectivity index (χ2n) is 6.14. The van der Waals surface area contributed by atoms with Gasteiger partial charge >= 0.3 is 6.09 Å². The normalized spacial score (nSPS) is 28.8. The van der Waals surface area contributed by atoms with Crippen molar-refractivity contribution in [1.29, 1.82) is 0 Å². The second kappa shape index (κ2) is 5.02. The number of carbonyl (C=O) groups is 1. The van der Waals surface area contributed by atoms with Gasteiger partial charge in [0, 0.05) is 19.1 Å². The lowest BCUT2D eigenvalue weighted by Gasteiger charge is -2.48. The molecule has 2 fully saturated rings. The minimum Gasteiger partial charge on any atom is -0.444 e. The van der Waals surface area contributed by atoms with E-state index >= 15 is 0 Å². The van der Waals surface area contributed by atoms with Crippen LogP contribution in [-0.2, 0) is 4.74 Å². The summed E-state index contributed by atoms with van der Waals surface area (Å²) in [6.45, 7) is 7.39. The van der Waals surface area contributed by atoms with Gasteiger partial charge in [0.05, 0.1) is 0 Å². The molecule has 0 spiro atoms. The maximum absolute atomic E-state index is 11.7. The van der Waals surface area contributed by atoms with Gasteiger partial charge in [-0.05, 0) is 45.4 Å². The second-order valence-corrected chi connectivity index (χ2v) is 6.14. The zero-order valence-corrected chi connectivity index (χ0v) is 11.6. The first-order valence-corrected chi connectivity index (χ1v) is 6.08. The van der Waals surface area contributed by atoms with Crippen molar-refractivity contribution in [2.45, 2.75) is 45.3 Å². The van der Waals surface area contributed by atoms with E-state index in [0.29, 0.717) is 12.0 Å². The SMILES string of the molecule is CC(C)(C)OC(=O)N1CC(C2CC(N)C2)C1.Cl. The van der Waals surface area contributed by atoms with E-state index in [1.807, 2.05) is 20.8 Å². The largest absolute Gasteiger partial charge is 0.444 e. The molecule has 0 aromatic carbocycles. The van der Waals surface area contributed by atoms with Crippen molar-refractivity contribution in [3.05, 3.63) is 0 Å². The molecule has 1 saturated carbocycles. The molecule has 1 heterocycles. The van der Waals surface area contributed by atoms with Crippen LogP contribution >= 0.6 is 12.4 Å². The van der Waals surface area contributed by atoms with Crippen LogP contribution in [0.1, 0.15) is 33.6 Å². The van der Waals surface area contributed by atoms with Crippen LogP contribution in [-0.4, -0.2) is 35.7 Å². The third kappa shape index (κ3) is 3.49. The van der Waals surface area contributed by atoms with E-state index in [9.17, 15) is 4.79 Å². The van der Waals surface area contributed by atoms with Crippen molar-refractivity contribution in [2.24, 2.45) is 17.6 Å². The molecule has 0 atom stereocenters. The number of hydrogen-bond acceptors (Lipinski definition) is 3. The topological polar surface area (TPSA) is 55.6 Å². The predicted molar refractivity (Wildman–Crippen MR) is 69.2 cm³/mol. The fraction of sp³-hybridized carbons (Fsp3) is 0.917. The summed E-state index contributed by atoms with van der Waals surface area (Å²) in [5.41, 5.74) is 5.37. The average Bonchev–Trinajstić information content (AvgIpc) is 1.94. The summed E-state index contributed by atoms with van der Waals surface area (Å²) in [6, 6.07) is 0.403. The Hall–Kier alpha value is -0.480. The fourth-order valence-electron chi connectivity index (χ4n) is 2.38. The van der Waals surface area contributed by atoms with E-state index in [2.05, 4.69) is 0 Å². The van der Waals surface area contributed by atoms with Crippen molar-refractivity contribution in [3.63, 3.8) is 0 Å². The highest BCUT2D eigenvalue weighted by Gasteiger charge is 2.42. The van der Waals surface area contributed by atoms with Crippen molar-refractivity contribution in [3.8, 4) is 0 Å². The first-order chi connectivity index (χ1) is 7.35. The molecule has 5 heteroatoms. The zero-order valence-electron chi connectivity index (χ0n) is 10.8. The summed E-state index contributed by atoms with van der Waals surface area (Å²) in [5, 5.41) is 0. The summed E-state index contributed by atoms with van der Waals surface area (Å²) in [4.78, 5) is 13.5. The minimum absolute atomic E-state index is 0. The Morgan fingerprint density at radius 1 is 1.24 bits per heavy atom. The lowest BCUT2D eigenvalue weighted by molar-refractivity contribution is -0.0220. The smallest absolute Gasteiger partial charge is 0.410 e. The Kier molecular flexibility index (Phi) is 4.31. The molecule has 2 N–H and O–H groups in total. The van der Waals surface area contributed by atoms with Gasteiger partial charge in [-0.15, -0.1) is 12.4 Å². The molecule has 4 nitrogen and oxygen atoms in total. The van der Waals surface area contributed by atoms with Crippen LogP contribution in [0.15, 0.2) is 0 Å². The Balaban J connectivity index is 0.00000144. The lowest BCUT2D eigenvalue weighted by Crippen LogP contribution is -2.57. The zero-order chi connectivity index (χ0) is 11.9. The van der Waals surface area contributed by atoms with E-state index in [-0.39, 0.29) is 24.1 Å². The number of hydrogen-bond donors (Lipinski definition) is 1. The molecule has 0 aromatic heterocycles. The molecule has 1 aliphatic heterocycles. The molecular weight excluding hydrogens is 240 g/mol. The number of halogens is 1. The van der Waals surface area contributed by atoms with E-state index < -0.39 is 0 Å². The molecule has 2 rings (SSSR count). The molecule has 0 aromatic rings. The average molecular weight is 263 g/mol. The molecule has 1 saturated heterocycles. The first kappa shape index (κ1) is 14.6. The summed E-state index contributed by atoms with van der Waals surface area (Å²) in [6.07, 6.45) is 2.09. The quantitative estimate of drug-likeness (QED) is 0.787. The molecule has 100 valence electrons. The van der Waals surface area contributed by atoms with Crippen LogP contribution in [0, 0.1) is 11.8 Å². The van der Waals surface area contributed by atoms with E-state index in [1.165, 1.54) is 0 Å². The van der Waals surface area contributed by atoms with Gasteiger partial charge in [-0.3, -0.25) is 0 Å². The monoisotopic (exact) mass is 262 g/mol. The summed E-state index contributed by atoms with van der Waals surface area (Å²) >= 11 is 0. The number of nitrogens with zero attached hydrogens (tertiary/aromatic N) is 1. The number of carbonyl (C=O) groups excluding carboxylic acids is 1. The van der Waals surface area contributed by atoms with E-state index in [1.54, 1.807) is 4.90 Å². The van der Waals surface area contributed by atoms with Gasteiger partial charge < -0.3 is 15.4 Å². The third-order valence-electron chi connectivity index (χ3n) is 3.44. The summed E-state index contributed by atoms with van der Waals surface area (Å²) < 4.78 is 5.30. The predicted octanol–water partition coefficient (Wildman–Crippen LogP) is 2.01. The van der Waals surface area contributed by atoms with Crippen molar-refractivity contribution in [2.75, 3.05) is 13.1 Å². The molecule has 1 amide bonds. The molecular formula is C12H23ClN2O2. The first-order valence-electron chi connectivity index (χ1n) is 6.08. The molecule has 0 radical (unpaired) electrons. The van der Waals surface area contributed by atoms with Crippen LogP contribution < -0.4 is 5.73 Å². The highest BCUT2D eigenvalue weighted by molar-refractivity contribution is 5.85. The highest BCUT2D eigenvalue weighted by atomic mass is 35.5. The number of rotatable bonds is 1. The van der Waals surface area contributed by atoms with Crippen LogP contribution in [0.25, 0.3) is 0 Å². The number of nitrogens with two attached hydrogens (primary N) is 1. The number of likely N-dealkylation sites (tertiary alicyclic amines) is 1. The van der Waals surface area contributed by atoms with Crippen molar-refractivity contribution in [1.82, 2.24) is 4.90 Å². The Morgan fingerprint density at radius 2 is 1.76 bits per heavy atom. The van der Waals surface area contributed by atoms with Gasteiger partial charge in [-0.1, -0.05) is 0 Å². The van der Waals surface area contributed by atoms with Crippen molar-refractivity contribution >= 4 is 18.5 Å². The van der Waals surface area contributed by atoms with Crippen molar-refractivity contribution < 1.29 is 9.53 Å². The maximum Gasteiger partial charge on any atom is 0.410 e. The Morgan fingerprint density at radius 3 is 2.18 bits per heavy atom. The Labute approximate surface area is 109 Å². The maximum atomic E-state index is 11.7. The van der Waals surface area contributed by atoms with E-state index in [4.69, 9.17) is 10.5 Å². The minimum atomic E-state index is -0.388. The summed E-state index contributed by atoms with van der Waals surface area (Å²) in [7, 11) is 0. The summed E-state index contributed by atoms with van der Waals surface area (Å²) in [5.74, 6) is 1.40. The molecule has 17 heavy (non-hydrogen) atoms. The van der Waals surface area contributed by atoms with Crippen LogP contribution in [0.3, 0.4) is 0 Å².